The van der Waals surface area contributed by atoms with Crippen LogP contribution in [0, 0.1) is 5.41 Å². The van der Waals surface area contributed by atoms with Gasteiger partial charge in [0, 0.05) is 6.54 Å². The first-order valence-corrected chi connectivity index (χ1v) is 5.55. The smallest absolute Gasteiger partial charge is 0.302 e. The molecule has 1 rings (SSSR count). The lowest BCUT2D eigenvalue weighted by atomic mass is 9.86. The highest BCUT2D eigenvalue weighted by molar-refractivity contribution is 5.14. The molecule has 0 aliphatic carbocycles. The Morgan fingerprint density at radius 3 is 2.00 bits per heavy atom. The highest BCUT2D eigenvalue weighted by Gasteiger charge is 2.46. The fourth-order valence-electron chi connectivity index (χ4n) is 1.73. The zero-order valence-corrected chi connectivity index (χ0v) is 10.3. The van der Waals surface area contributed by atoms with E-state index in [2.05, 4.69) is 5.32 Å². The third-order valence-electron chi connectivity index (χ3n) is 2.55. The van der Waals surface area contributed by atoms with Crippen molar-refractivity contribution in [1.82, 2.24) is 5.32 Å². The van der Waals surface area contributed by atoms with Crippen LogP contribution in [0.5, 0.6) is 0 Å². The highest BCUT2D eigenvalue weighted by Crippen LogP contribution is 2.33. The van der Waals surface area contributed by atoms with Crippen LogP contribution in [0.25, 0.3) is 0 Å². The summed E-state index contributed by atoms with van der Waals surface area (Å²) >= 11 is 0. The molecule has 1 aromatic carbocycles. The van der Waals surface area contributed by atoms with Crippen molar-refractivity contribution in [2.45, 2.75) is 39.5 Å². The summed E-state index contributed by atoms with van der Waals surface area (Å²) in [5, 5.41) is 2.59. The maximum absolute atomic E-state index is 12.9. The second-order valence-corrected chi connectivity index (χ2v) is 5.21. The average Bonchev–Trinajstić information content (AvgIpc) is 2.15. The van der Waals surface area contributed by atoms with Gasteiger partial charge in [-0.3, -0.25) is 0 Å². The summed E-state index contributed by atoms with van der Waals surface area (Å²) in [6, 6.07) is 7.59. The van der Waals surface area contributed by atoms with Crippen LogP contribution in [0.4, 0.5) is 13.2 Å². The molecule has 4 heteroatoms. The molecule has 1 N–H and O–H groups in total. The predicted molar refractivity (Wildman–Crippen MR) is 62.6 cm³/mol. The first-order valence-electron chi connectivity index (χ1n) is 5.55. The van der Waals surface area contributed by atoms with Gasteiger partial charge in [-0.1, -0.05) is 51.1 Å². The van der Waals surface area contributed by atoms with Crippen LogP contribution in [-0.4, -0.2) is 12.2 Å². The molecular weight excluding hydrogens is 227 g/mol. The van der Waals surface area contributed by atoms with Crippen LogP contribution in [0.2, 0.25) is 0 Å². The van der Waals surface area contributed by atoms with E-state index in [1.807, 2.05) is 30.3 Å². The van der Waals surface area contributed by atoms with E-state index in [1.165, 1.54) is 0 Å². The summed E-state index contributed by atoms with van der Waals surface area (Å²) in [6.07, 6.45) is -4.23. The molecule has 0 saturated heterocycles. The Bertz CT molecular complexity index is 324. The van der Waals surface area contributed by atoms with Crippen LogP contribution >= 0.6 is 0 Å². The molecule has 0 fully saturated rings. The van der Waals surface area contributed by atoms with Gasteiger partial charge in [0.2, 0.25) is 0 Å². The van der Waals surface area contributed by atoms with Crippen molar-refractivity contribution in [3.8, 4) is 0 Å². The molecule has 0 radical (unpaired) electrons. The molecule has 0 aromatic heterocycles. The minimum atomic E-state index is -4.23. The minimum Gasteiger partial charge on any atom is -0.302 e. The molecule has 17 heavy (non-hydrogen) atoms. The molecule has 1 unspecified atom stereocenters. The van der Waals surface area contributed by atoms with E-state index in [-0.39, 0.29) is 6.54 Å². The lowest BCUT2D eigenvalue weighted by molar-refractivity contribution is -0.178. The normalized spacial score (nSPS) is 14.7. The first-order chi connectivity index (χ1) is 7.71. The molecule has 0 amide bonds. The summed E-state index contributed by atoms with van der Waals surface area (Å²) in [6.45, 7) is 4.98. The number of nitrogens with one attached hydrogen (secondary N) is 1. The molecule has 1 atom stereocenters. The molecule has 0 aliphatic rings. The van der Waals surface area contributed by atoms with E-state index in [0.717, 1.165) is 5.56 Å². The molecular formula is C13H18F3N. The summed E-state index contributed by atoms with van der Waals surface area (Å²) in [4.78, 5) is 0. The maximum Gasteiger partial charge on any atom is 0.404 e. The molecule has 1 nitrogen and oxygen atoms in total. The van der Waals surface area contributed by atoms with Crippen molar-refractivity contribution in [3.05, 3.63) is 35.9 Å². The van der Waals surface area contributed by atoms with Gasteiger partial charge in [0.15, 0.2) is 0 Å². The van der Waals surface area contributed by atoms with Crippen LogP contribution in [0.15, 0.2) is 30.3 Å². The lowest BCUT2D eigenvalue weighted by Crippen LogP contribution is -2.50. The van der Waals surface area contributed by atoms with Crippen molar-refractivity contribution < 1.29 is 13.2 Å². The average molecular weight is 245 g/mol. The standard InChI is InChI=1S/C13H18F3N/c1-12(2,3)11(13(14,15)16)17-9-10-7-5-4-6-8-10/h4-8,11,17H,9H2,1-3H3. The fraction of sp³-hybridized carbons (Fsp3) is 0.538. The highest BCUT2D eigenvalue weighted by atomic mass is 19.4. The van der Waals surface area contributed by atoms with Crippen LogP contribution < -0.4 is 5.32 Å². The summed E-state index contributed by atoms with van der Waals surface area (Å²) < 4.78 is 38.6. The van der Waals surface area contributed by atoms with Gasteiger partial charge in [-0.2, -0.15) is 13.2 Å². The SMILES string of the molecule is CC(C)(C)C(NCc1ccccc1)C(F)(F)F. The van der Waals surface area contributed by atoms with E-state index >= 15 is 0 Å². The number of hydrogen-bond donors (Lipinski definition) is 1. The molecule has 1 aromatic rings. The zero-order valence-electron chi connectivity index (χ0n) is 10.3. The van der Waals surface area contributed by atoms with Gasteiger partial charge in [-0.15, -0.1) is 0 Å². The molecule has 0 bridgehead atoms. The minimum absolute atomic E-state index is 0.224. The van der Waals surface area contributed by atoms with Crippen LogP contribution in [0.1, 0.15) is 26.3 Å². The van der Waals surface area contributed by atoms with Gasteiger partial charge >= 0.3 is 6.18 Å². The molecule has 0 heterocycles. The third kappa shape index (κ3) is 4.38. The van der Waals surface area contributed by atoms with Gasteiger partial charge < -0.3 is 5.32 Å². The quantitative estimate of drug-likeness (QED) is 0.855. The number of halogens is 3. The molecule has 96 valence electrons. The van der Waals surface area contributed by atoms with Crippen molar-refractivity contribution in [2.75, 3.05) is 0 Å². The van der Waals surface area contributed by atoms with E-state index in [1.54, 1.807) is 20.8 Å². The Kier molecular flexibility index (Phi) is 4.20. The van der Waals surface area contributed by atoms with Crippen molar-refractivity contribution in [3.63, 3.8) is 0 Å². The number of benzene rings is 1. The van der Waals surface area contributed by atoms with E-state index in [9.17, 15) is 13.2 Å². The predicted octanol–water partition coefficient (Wildman–Crippen LogP) is 3.75. The van der Waals surface area contributed by atoms with Gasteiger partial charge in [-0.05, 0) is 11.0 Å². The zero-order chi connectivity index (χ0) is 13.1. The lowest BCUT2D eigenvalue weighted by Gasteiger charge is -2.33. The maximum atomic E-state index is 12.9. The largest absolute Gasteiger partial charge is 0.404 e. The Morgan fingerprint density at radius 1 is 1.06 bits per heavy atom. The van der Waals surface area contributed by atoms with E-state index in [4.69, 9.17) is 0 Å². The molecule has 0 spiro atoms. The number of hydrogen-bond acceptors (Lipinski definition) is 1. The summed E-state index contributed by atoms with van der Waals surface area (Å²) in [7, 11) is 0. The second kappa shape index (κ2) is 5.08. The van der Waals surface area contributed by atoms with Crippen molar-refractivity contribution in [2.24, 2.45) is 5.41 Å². The Labute approximate surface area is 100 Å². The summed E-state index contributed by atoms with van der Waals surface area (Å²) in [5.41, 5.74) is -0.00136. The number of alkyl halides is 3. The summed E-state index contributed by atoms with van der Waals surface area (Å²) in [5.74, 6) is 0. The van der Waals surface area contributed by atoms with Crippen molar-refractivity contribution in [1.29, 1.82) is 0 Å². The second-order valence-electron chi connectivity index (χ2n) is 5.21. The van der Waals surface area contributed by atoms with Gasteiger partial charge in [0.25, 0.3) is 0 Å². The van der Waals surface area contributed by atoms with Gasteiger partial charge in [0.05, 0.1) is 0 Å². The van der Waals surface area contributed by atoms with E-state index < -0.39 is 17.6 Å². The van der Waals surface area contributed by atoms with Crippen LogP contribution in [-0.2, 0) is 6.54 Å². The Balaban J connectivity index is 2.70. The Morgan fingerprint density at radius 2 is 1.59 bits per heavy atom. The van der Waals surface area contributed by atoms with E-state index in [0.29, 0.717) is 0 Å². The van der Waals surface area contributed by atoms with Gasteiger partial charge in [0.1, 0.15) is 6.04 Å². The number of rotatable bonds is 3. The third-order valence-corrected chi connectivity index (χ3v) is 2.55. The monoisotopic (exact) mass is 245 g/mol. The van der Waals surface area contributed by atoms with Crippen molar-refractivity contribution >= 4 is 0 Å². The van der Waals surface area contributed by atoms with Gasteiger partial charge in [-0.25, -0.2) is 0 Å². The molecule has 0 saturated carbocycles. The fourth-order valence-corrected chi connectivity index (χ4v) is 1.73. The Hall–Kier alpha value is -1.03. The first kappa shape index (κ1) is 14.0. The van der Waals surface area contributed by atoms with Crippen LogP contribution in [0.3, 0.4) is 0 Å². The topological polar surface area (TPSA) is 12.0 Å². The molecule has 0 aliphatic heterocycles.